The van der Waals surface area contributed by atoms with Crippen LogP contribution in [0.5, 0.6) is 0 Å². The Morgan fingerprint density at radius 2 is 1.62 bits per heavy atom. The van der Waals surface area contributed by atoms with Crippen molar-refractivity contribution in [3.05, 3.63) is 76.4 Å². The van der Waals surface area contributed by atoms with Gasteiger partial charge >= 0.3 is 23.0 Å². The summed E-state index contributed by atoms with van der Waals surface area (Å²) in [5, 5.41) is 3.36. The molecule has 2 aliphatic rings. The molecule has 0 heterocycles. The summed E-state index contributed by atoms with van der Waals surface area (Å²) < 4.78 is 4.84. The van der Waals surface area contributed by atoms with E-state index < -0.39 is 0 Å². The summed E-state index contributed by atoms with van der Waals surface area (Å²) in [6.07, 6.45) is 20.7. The number of esters is 1. The summed E-state index contributed by atoms with van der Waals surface area (Å²) >= 11 is 0. The van der Waals surface area contributed by atoms with Crippen LogP contribution < -0.4 is 5.32 Å². The fourth-order valence-corrected chi connectivity index (χ4v) is 2.29. The van der Waals surface area contributed by atoms with Crippen molar-refractivity contribution in [2.24, 2.45) is 5.92 Å². The summed E-state index contributed by atoms with van der Waals surface area (Å²) in [5.74, 6) is 1.13. The minimum absolute atomic E-state index is 0. The number of hydrogen-bond donors (Lipinski definition) is 1. The van der Waals surface area contributed by atoms with Gasteiger partial charge in [-0.2, -0.15) is 0 Å². The van der Waals surface area contributed by atoms with Crippen molar-refractivity contribution in [1.82, 2.24) is 5.32 Å². The zero-order chi connectivity index (χ0) is 17.1. The molecule has 2 fully saturated rings. The number of carbonyl (C=O) groups excluding carboxylic acids is 1. The Bertz CT molecular complexity index is 329. The molecule has 2 atom stereocenters. The van der Waals surface area contributed by atoms with Gasteiger partial charge in [-0.15, -0.1) is 6.58 Å². The van der Waals surface area contributed by atoms with E-state index in [0.717, 1.165) is 6.42 Å². The molecule has 0 unspecified atom stereocenters. The van der Waals surface area contributed by atoms with E-state index in [2.05, 4.69) is 24.7 Å². The van der Waals surface area contributed by atoms with E-state index in [1.54, 1.807) is 0 Å². The van der Waals surface area contributed by atoms with E-state index in [0.29, 0.717) is 0 Å². The third-order valence-electron chi connectivity index (χ3n) is 3.55. The van der Waals surface area contributed by atoms with Gasteiger partial charge in [-0.25, -0.2) is 0 Å². The van der Waals surface area contributed by atoms with Crippen molar-refractivity contribution in [1.29, 1.82) is 0 Å². The molecule has 2 saturated carbocycles. The van der Waals surface area contributed by atoms with Gasteiger partial charge in [-0.05, 0) is 70.1 Å². The van der Waals surface area contributed by atoms with Crippen molar-refractivity contribution >= 4 is 5.97 Å². The molecule has 0 aromatic heterocycles. The summed E-state index contributed by atoms with van der Waals surface area (Å²) in [6, 6.07) is -0.196. The number of ether oxygens (including phenoxy) is 1. The predicted molar refractivity (Wildman–Crippen MR) is 94.3 cm³/mol. The predicted octanol–water partition coefficient (Wildman–Crippen LogP) is 3.14. The molecule has 0 amide bonds. The van der Waals surface area contributed by atoms with Gasteiger partial charge in [0.15, 0.2) is 0 Å². The monoisotopic (exact) mass is 369 g/mol. The molecule has 4 heteroatoms. The quantitative estimate of drug-likeness (QED) is 0.426. The van der Waals surface area contributed by atoms with Crippen LogP contribution in [0.3, 0.4) is 0 Å². The zero-order valence-electron chi connectivity index (χ0n) is 14.6. The number of nitrogens with one attached hydrogen (secondary N) is 1. The molecule has 0 aromatic rings. The zero-order valence-corrected chi connectivity index (χ0v) is 15.7. The van der Waals surface area contributed by atoms with E-state index in [4.69, 9.17) is 4.74 Å². The van der Waals surface area contributed by atoms with Crippen molar-refractivity contribution in [2.45, 2.75) is 32.4 Å². The number of methoxy groups -OCH3 is 1. The third kappa shape index (κ3) is 8.69. The summed E-state index contributed by atoms with van der Waals surface area (Å²) in [7, 11) is 1.42. The van der Waals surface area contributed by atoms with E-state index in [1.165, 1.54) is 13.0 Å². The summed E-state index contributed by atoms with van der Waals surface area (Å²) in [5.41, 5.74) is 0. The first-order valence-electron chi connectivity index (χ1n) is 7.93. The summed E-state index contributed by atoms with van der Waals surface area (Å²) in [6.45, 7) is 7.78. The molecule has 0 bridgehead atoms. The molecule has 0 aliphatic heterocycles. The average Bonchev–Trinajstić information content (AvgIpc) is 3.26. The first-order valence-corrected chi connectivity index (χ1v) is 7.93. The van der Waals surface area contributed by atoms with E-state index in [9.17, 15) is 4.79 Å². The standard InChI is InChI=1S/C15H22NO2.C5H5.Fe/c1-5-8-13(12-9-6-7-10-12)16-14(11(2)3)15(17)18-4;1-2-4-5-3-1;/h5-7,9-11,13-14,16H,1,8H2,2-4H3;1-5H;/q;;+2/t13-,14-;;/m0../s1. The maximum absolute atomic E-state index is 11.8. The van der Waals surface area contributed by atoms with Crippen LogP contribution in [-0.4, -0.2) is 25.2 Å². The van der Waals surface area contributed by atoms with Crippen molar-refractivity contribution in [2.75, 3.05) is 7.11 Å². The van der Waals surface area contributed by atoms with Crippen LogP contribution in [0.1, 0.15) is 20.3 Å². The van der Waals surface area contributed by atoms with Crippen molar-refractivity contribution in [3.8, 4) is 0 Å². The van der Waals surface area contributed by atoms with Crippen LogP contribution >= 0.6 is 0 Å². The maximum Gasteiger partial charge on any atom is 2.00 e. The maximum atomic E-state index is 11.8. The average molecular weight is 369 g/mol. The van der Waals surface area contributed by atoms with Crippen molar-refractivity contribution in [3.63, 3.8) is 0 Å². The molecule has 1 N–H and O–H groups in total. The van der Waals surface area contributed by atoms with Gasteiger partial charge < -0.3 is 10.1 Å². The van der Waals surface area contributed by atoms with Crippen molar-refractivity contribution < 1.29 is 26.6 Å². The molecular formula is C20H27FeNO2+2. The minimum Gasteiger partial charge on any atom is -0.468 e. The van der Waals surface area contributed by atoms with Gasteiger partial charge in [0.2, 0.25) is 0 Å². The molecular weight excluding hydrogens is 342 g/mol. The number of hydrogen-bond acceptors (Lipinski definition) is 3. The number of carbonyl (C=O) groups is 1. The summed E-state index contributed by atoms with van der Waals surface area (Å²) in [4.78, 5) is 11.8. The van der Waals surface area contributed by atoms with Gasteiger partial charge in [0.25, 0.3) is 0 Å². The molecule has 10 radical (unpaired) electrons. The Kier molecular flexibility index (Phi) is 13.7. The Morgan fingerprint density at radius 1 is 1.12 bits per heavy atom. The van der Waals surface area contributed by atoms with Crippen LogP contribution in [0.4, 0.5) is 0 Å². The third-order valence-corrected chi connectivity index (χ3v) is 3.55. The Labute approximate surface area is 159 Å². The first-order chi connectivity index (χ1) is 11.1. The Balaban J connectivity index is 0.000000751. The van der Waals surface area contributed by atoms with Gasteiger partial charge in [0.05, 0.1) is 7.11 Å². The molecule has 2 aliphatic carbocycles. The van der Waals surface area contributed by atoms with Crippen LogP contribution in [0.25, 0.3) is 0 Å². The smallest absolute Gasteiger partial charge is 0.468 e. The van der Waals surface area contributed by atoms with Gasteiger partial charge in [0.1, 0.15) is 6.04 Å². The topological polar surface area (TPSA) is 38.3 Å². The fraction of sp³-hybridized carbons (Fsp3) is 0.350. The Morgan fingerprint density at radius 3 is 2.00 bits per heavy atom. The van der Waals surface area contributed by atoms with E-state index >= 15 is 0 Å². The number of rotatable bonds is 7. The molecule has 24 heavy (non-hydrogen) atoms. The van der Waals surface area contributed by atoms with E-state index in [-0.39, 0.29) is 41.0 Å². The first kappa shape index (κ1) is 23.7. The molecule has 2 rings (SSSR count). The largest absolute Gasteiger partial charge is 2.00 e. The van der Waals surface area contributed by atoms with Gasteiger partial charge in [0, 0.05) is 12.0 Å². The SMILES string of the molecule is C=CC[C@H](N[C@H](C(=O)OC)C(C)C)[C]1[CH][CH][CH][CH]1.[CH]1[CH][CH][CH][CH]1.[Fe+2]. The van der Waals surface area contributed by atoms with Crippen LogP contribution in [0.15, 0.2) is 12.7 Å². The fourth-order valence-electron chi connectivity index (χ4n) is 2.29. The second kappa shape index (κ2) is 13.9. The van der Waals surface area contributed by atoms with Crippen LogP contribution in [0.2, 0.25) is 0 Å². The van der Waals surface area contributed by atoms with Crippen LogP contribution in [-0.2, 0) is 26.6 Å². The molecule has 130 valence electrons. The normalized spacial score (nSPS) is 19.8. The Hall–Kier alpha value is -0.311. The molecule has 3 nitrogen and oxygen atoms in total. The van der Waals surface area contributed by atoms with Gasteiger partial charge in [-0.1, -0.05) is 19.9 Å². The second-order valence-electron chi connectivity index (χ2n) is 5.67. The second-order valence-corrected chi connectivity index (χ2v) is 5.67. The van der Waals surface area contributed by atoms with Crippen LogP contribution in [0, 0.1) is 69.6 Å². The molecule has 0 aromatic carbocycles. The molecule has 0 saturated heterocycles. The molecule has 0 spiro atoms. The minimum atomic E-state index is -0.296. The van der Waals surface area contributed by atoms with Gasteiger partial charge in [-0.3, -0.25) is 4.79 Å². The van der Waals surface area contributed by atoms with E-state index in [1.807, 2.05) is 64.9 Å².